The fourth-order valence-electron chi connectivity index (χ4n) is 2.20. The van der Waals surface area contributed by atoms with Gasteiger partial charge in [-0.15, -0.1) is 10.2 Å². The Morgan fingerprint density at radius 1 is 1.33 bits per heavy atom. The van der Waals surface area contributed by atoms with Gasteiger partial charge in [0, 0.05) is 23.0 Å². The van der Waals surface area contributed by atoms with E-state index in [-0.39, 0.29) is 0 Å². The van der Waals surface area contributed by atoms with Crippen LogP contribution in [0.2, 0.25) is 5.02 Å². The van der Waals surface area contributed by atoms with Crippen molar-refractivity contribution in [1.82, 2.24) is 15.5 Å². The molecule has 0 saturated carbocycles. The lowest BCUT2D eigenvalue weighted by Crippen LogP contribution is -2.28. The molecule has 18 heavy (non-hydrogen) atoms. The third kappa shape index (κ3) is 2.40. The van der Waals surface area contributed by atoms with Crippen molar-refractivity contribution in [3.05, 3.63) is 35.2 Å². The van der Waals surface area contributed by atoms with E-state index in [2.05, 4.69) is 15.5 Å². The maximum atomic E-state index is 5.95. The number of halogens is 1. The first-order valence-corrected chi connectivity index (χ1v) is 6.51. The van der Waals surface area contributed by atoms with Gasteiger partial charge in [0.1, 0.15) is 0 Å². The zero-order valence-electron chi connectivity index (χ0n) is 9.90. The Morgan fingerprint density at radius 2 is 2.28 bits per heavy atom. The standard InChI is InChI=1S/C13H14ClN3O/c14-11-5-1-3-9(7-11)12-16-17-13(18-12)10-4-2-6-15-8-10/h1,3,5,7,10,15H,2,4,6,8H2. The van der Waals surface area contributed by atoms with Crippen LogP contribution in [0.25, 0.3) is 11.5 Å². The summed E-state index contributed by atoms with van der Waals surface area (Å²) in [6, 6.07) is 7.46. The number of aromatic nitrogens is 2. The van der Waals surface area contributed by atoms with Crippen molar-refractivity contribution in [2.24, 2.45) is 0 Å². The topological polar surface area (TPSA) is 51.0 Å². The summed E-state index contributed by atoms with van der Waals surface area (Å²) in [4.78, 5) is 0. The van der Waals surface area contributed by atoms with Crippen molar-refractivity contribution in [3.8, 4) is 11.5 Å². The van der Waals surface area contributed by atoms with Crippen molar-refractivity contribution < 1.29 is 4.42 Å². The van der Waals surface area contributed by atoms with E-state index in [1.807, 2.05) is 24.3 Å². The minimum Gasteiger partial charge on any atom is -0.420 e. The van der Waals surface area contributed by atoms with Gasteiger partial charge in [-0.3, -0.25) is 0 Å². The molecule has 2 aromatic rings. The van der Waals surface area contributed by atoms with Crippen LogP contribution in [0.1, 0.15) is 24.7 Å². The van der Waals surface area contributed by atoms with Gasteiger partial charge >= 0.3 is 0 Å². The summed E-state index contributed by atoms with van der Waals surface area (Å²) in [6.45, 7) is 1.99. The van der Waals surface area contributed by atoms with Gasteiger partial charge in [0.15, 0.2) is 0 Å². The van der Waals surface area contributed by atoms with Crippen molar-refractivity contribution in [2.75, 3.05) is 13.1 Å². The smallest absolute Gasteiger partial charge is 0.247 e. The highest BCUT2D eigenvalue weighted by atomic mass is 35.5. The summed E-state index contributed by atoms with van der Waals surface area (Å²) in [5, 5.41) is 12.3. The van der Waals surface area contributed by atoms with Crippen LogP contribution in [-0.2, 0) is 0 Å². The summed E-state index contributed by atoms with van der Waals surface area (Å²) >= 11 is 5.95. The largest absolute Gasteiger partial charge is 0.420 e. The van der Waals surface area contributed by atoms with E-state index in [4.69, 9.17) is 16.0 Å². The first kappa shape index (κ1) is 11.7. The summed E-state index contributed by atoms with van der Waals surface area (Å²) in [7, 11) is 0. The van der Waals surface area contributed by atoms with Crippen LogP contribution in [0, 0.1) is 0 Å². The molecule has 2 heterocycles. The lowest BCUT2D eigenvalue weighted by atomic mass is 10.00. The number of benzene rings is 1. The number of hydrogen-bond acceptors (Lipinski definition) is 4. The fourth-order valence-corrected chi connectivity index (χ4v) is 2.39. The Morgan fingerprint density at radius 3 is 3.06 bits per heavy atom. The van der Waals surface area contributed by atoms with Gasteiger partial charge in [0.05, 0.1) is 0 Å². The zero-order chi connectivity index (χ0) is 12.4. The maximum Gasteiger partial charge on any atom is 0.247 e. The summed E-state index contributed by atoms with van der Waals surface area (Å²) in [5.74, 6) is 1.59. The first-order valence-electron chi connectivity index (χ1n) is 6.13. The lowest BCUT2D eigenvalue weighted by molar-refractivity contribution is 0.380. The average Bonchev–Trinajstić information content (AvgIpc) is 2.89. The fraction of sp³-hybridized carbons (Fsp3) is 0.385. The van der Waals surface area contributed by atoms with Crippen LogP contribution in [0.5, 0.6) is 0 Å². The maximum absolute atomic E-state index is 5.95. The Balaban J connectivity index is 1.84. The van der Waals surface area contributed by atoms with Crippen molar-refractivity contribution in [2.45, 2.75) is 18.8 Å². The van der Waals surface area contributed by atoms with E-state index in [0.29, 0.717) is 16.8 Å². The van der Waals surface area contributed by atoms with E-state index in [1.54, 1.807) is 0 Å². The molecule has 0 spiro atoms. The highest BCUT2D eigenvalue weighted by Gasteiger charge is 2.21. The van der Waals surface area contributed by atoms with Gasteiger partial charge in [-0.1, -0.05) is 17.7 Å². The number of rotatable bonds is 2. The monoisotopic (exact) mass is 263 g/mol. The van der Waals surface area contributed by atoms with Crippen LogP contribution >= 0.6 is 11.6 Å². The molecular weight excluding hydrogens is 250 g/mol. The van der Waals surface area contributed by atoms with E-state index < -0.39 is 0 Å². The molecule has 1 aliphatic heterocycles. The summed E-state index contributed by atoms with van der Waals surface area (Å²) < 4.78 is 5.74. The van der Waals surface area contributed by atoms with Gasteiger partial charge in [0.25, 0.3) is 0 Å². The Kier molecular flexibility index (Phi) is 3.30. The van der Waals surface area contributed by atoms with Gasteiger partial charge in [-0.25, -0.2) is 0 Å². The summed E-state index contributed by atoms with van der Waals surface area (Å²) in [5.41, 5.74) is 0.866. The molecule has 1 aliphatic rings. The minimum absolute atomic E-state index is 0.333. The van der Waals surface area contributed by atoms with Gasteiger partial charge in [0.2, 0.25) is 11.8 Å². The number of piperidine rings is 1. The highest BCUT2D eigenvalue weighted by molar-refractivity contribution is 6.30. The number of nitrogens with zero attached hydrogens (tertiary/aromatic N) is 2. The average molecular weight is 264 g/mol. The molecule has 1 unspecified atom stereocenters. The first-order chi connectivity index (χ1) is 8.83. The molecule has 1 fully saturated rings. The minimum atomic E-state index is 0.333. The van der Waals surface area contributed by atoms with Crippen LogP contribution in [0.3, 0.4) is 0 Å². The van der Waals surface area contributed by atoms with Crippen molar-refractivity contribution in [3.63, 3.8) is 0 Å². The SMILES string of the molecule is Clc1cccc(-c2nnc(C3CCCNC3)o2)c1. The summed E-state index contributed by atoms with van der Waals surface area (Å²) in [6.07, 6.45) is 2.25. The predicted molar refractivity (Wildman–Crippen MR) is 69.6 cm³/mol. The van der Waals surface area contributed by atoms with Gasteiger partial charge in [-0.05, 0) is 37.6 Å². The Bertz CT molecular complexity index is 535. The molecule has 5 heteroatoms. The number of nitrogens with one attached hydrogen (secondary N) is 1. The molecular formula is C13H14ClN3O. The molecule has 3 rings (SSSR count). The van der Waals surface area contributed by atoms with E-state index >= 15 is 0 Å². The van der Waals surface area contributed by atoms with Gasteiger partial charge in [-0.2, -0.15) is 0 Å². The molecule has 1 saturated heterocycles. The Labute approximate surface area is 110 Å². The number of hydrogen-bond donors (Lipinski definition) is 1. The molecule has 0 amide bonds. The molecule has 1 atom stereocenters. The second kappa shape index (κ2) is 5.08. The molecule has 94 valence electrons. The molecule has 0 bridgehead atoms. The van der Waals surface area contributed by atoms with E-state index in [1.165, 1.54) is 0 Å². The molecule has 0 radical (unpaired) electrons. The normalized spacial score (nSPS) is 19.9. The van der Waals surface area contributed by atoms with E-state index in [0.717, 1.165) is 37.4 Å². The van der Waals surface area contributed by atoms with Crippen molar-refractivity contribution in [1.29, 1.82) is 0 Å². The van der Waals surface area contributed by atoms with Gasteiger partial charge < -0.3 is 9.73 Å². The molecule has 0 aliphatic carbocycles. The van der Waals surface area contributed by atoms with Crippen molar-refractivity contribution >= 4 is 11.6 Å². The quantitative estimate of drug-likeness (QED) is 0.905. The third-order valence-corrected chi connectivity index (χ3v) is 3.39. The predicted octanol–water partition coefficient (Wildman–Crippen LogP) is 2.86. The highest BCUT2D eigenvalue weighted by Crippen LogP contribution is 2.26. The van der Waals surface area contributed by atoms with Crippen LogP contribution in [-0.4, -0.2) is 23.3 Å². The second-order valence-electron chi connectivity index (χ2n) is 4.50. The van der Waals surface area contributed by atoms with Crippen LogP contribution in [0.15, 0.2) is 28.7 Å². The molecule has 4 nitrogen and oxygen atoms in total. The second-order valence-corrected chi connectivity index (χ2v) is 4.94. The van der Waals surface area contributed by atoms with Crippen LogP contribution in [0.4, 0.5) is 0 Å². The molecule has 1 aromatic carbocycles. The van der Waals surface area contributed by atoms with E-state index in [9.17, 15) is 0 Å². The lowest BCUT2D eigenvalue weighted by Gasteiger charge is -2.18. The molecule has 1 aromatic heterocycles. The van der Waals surface area contributed by atoms with Crippen LogP contribution < -0.4 is 5.32 Å². The third-order valence-electron chi connectivity index (χ3n) is 3.16. The molecule has 1 N–H and O–H groups in total. The Hall–Kier alpha value is -1.39. The zero-order valence-corrected chi connectivity index (χ0v) is 10.7.